The number of rotatable bonds is 5. The molecule has 2 amide bonds. The van der Waals surface area contributed by atoms with Crippen molar-refractivity contribution in [3.8, 4) is 0 Å². The van der Waals surface area contributed by atoms with Crippen LogP contribution < -0.4 is 11.1 Å². The lowest BCUT2D eigenvalue weighted by atomic mass is 10.1. The Hall–Kier alpha value is -1.59. The number of amides is 2. The van der Waals surface area contributed by atoms with Crippen molar-refractivity contribution in [2.24, 2.45) is 17.6 Å². The van der Waals surface area contributed by atoms with Gasteiger partial charge in [0.1, 0.15) is 0 Å². The molecular formula is C16H24ClN3O2. The first-order valence-corrected chi connectivity index (χ1v) is 7.32. The van der Waals surface area contributed by atoms with E-state index in [9.17, 15) is 9.59 Å². The van der Waals surface area contributed by atoms with Crippen LogP contribution in [0.2, 0.25) is 0 Å². The van der Waals surface area contributed by atoms with E-state index in [-0.39, 0.29) is 36.2 Å². The zero-order valence-electron chi connectivity index (χ0n) is 13.2. The maximum absolute atomic E-state index is 12.2. The number of nitrogens with zero attached hydrogens (tertiary/aromatic N) is 1. The van der Waals surface area contributed by atoms with Crippen LogP contribution in [0.15, 0.2) is 24.3 Å². The van der Waals surface area contributed by atoms with Crippen molar-refractivity contribution in [1.82, 2.24) is 4.90 Å². The van der Waals surface area contributed by atoms with Gasteiger partial charge in [0.2, 0.25) is 5.91 Å². The van der Waals surface area contributed by atoms with E-state index in [1.807, 2.05) is 6.92 Å². The molecule has 3 unspecified atom stereocenters. The summed E-state index contributed by atoms with van der Waals surface area (Å²) in [7, 11) is 1.74. The van der Waals surface area contributed by atoms with Crippen molar-refractivity contribution in [3.63, 3.8) is 0 Å². The normalized spacial score (nSPS) is 20.5. The number of halogens is 1. The van der Waals surface area contributed by atoms with E-state index < -0.39 is 0 Å². The molecule has 0 aromatic heterocycles. The predicted octanol–water partition coefficient (Wildman–Crippen LogP) is 2.12. The number of benzene rings is 1. The van der Waals surface area contributed by atoms with Crippen LogP contribution in [0.1, 0.15) is 30.6 Å². The van der Waals surface area contributed by atoms with E-state index in [4.69, 9.17) is 5.73 Å². The van der Waals surface area contributed by atoms with Crippen molar-refractivity contribution < 1.29 is 9.59 Å². The van der Waals surface area contributed by atoms with Gasteiger partial charge in [0.25, 0.3) is 5.91 Å². The van der Waals surface area contributed by atoms with E-state index >= 15 is 0 Å². The topological polar surface area (TPSA) is 75.4 Å². The first-order valence-electron chi connectivity index (χ1n) is 7.32. The fourth-order valence-electron chi connectivity index (χ4n) is 2.18. The third kappa shape index (κ3) is 4.21. The number of carbonyl (C=O) groups excluding carboxylic acids is 2. The van der Waals surface area contributed by atoms with E-state index in [0.29, 0.717) is 18.0 Å². The Morgan fingerprint density at radius 1 is 1.36 bits per heavy atom. The summed E-state index contributed by atoms with van der Waals surface area (Å²) in [6, 6.07) is 6.98. The van der Waals surface area contributed by atoms with Crippen LogP contribution in [-0.4, -0.2) is 36.3 Å². The lowest BCUT2D eigenvalue weighted by Crippen LogP contribution is -2.39. The van der Waals surface area contributed by atoms with Crippen molar-refractivity contribution in [1.29, 1.82) is 0 Å². The maximum atomic E-state index is 12.2. The zero-order chi connectivity index (χ0) is 15.6. The standard InChI is InChI=1S/C16H23N3O2.ClH/c1-10-8-14(10)15(20)18-13-6-4-12(5-7-13)16(21)19(3)11(2)9-17;/h4-7,10-11,14H,8-9,17H2,1-3H3,(H,18,20);1H. The highest BCUT2D eigenvalue weighted by Gasteiger charge is 2.39. The molecule has 0 spiro atoms. The average Bonchev–Trinajstić information content (AvgIpc) is 3.22. The Labute approximate surface area is 137 Å². The minimum Gasteiger partial charge on any atom is -0.338 e. The van der Waals surface area contributed by atoms with Crippen LogP contribution >= 0.6 is 12.4 Å². The molecule has 1 saturated carbocycles. The Kier molecular flexibility index (Phi) is 6.38. The highest BCUT2D eigenvalue weighted by molar-refractivity contribution is 5.97. The van der Waals surface area contributed by atoms with Crippen LogP contribution in [0, 0.1) is 11.8 Å². The third-order valence-corrected chi connectivity index (χ3v) is 4.17. The van der Waals surface area contributed by atoms with Crippen molar-refractivity contribution in [2.75, 3.05) is 18.9 Å². The van der Waals surface area contributed by atoms with Crippen molar-refractivity contribution in [3.05, 3.63) is 29.8 Å². The summed E-state index contributed by atoms with van der Waals surface area (Å²) in [6.45, 7) is 4.40. The monoisotopic (exact) mass is 325 g/mol. The molecule has 3 atom stereocenters. The molecule has 5 nitrogen and oxygen atoms in total. The molecule has 3 N–H and O–H groups in total. The van der Waals surface area contributed by atoms with E-state index in [1.165, 1.54) is 0 Å². The zero-order valence-corrected chi connectivity index (χ0v) is 14.0. The molecule has 1 aromatic rings. The summed E-state index contributed by atoms with van der Waals surface area (Å²) >= 11 is 0. The van der Waals surface area contributed by atoms with Gasteiger partial charge in [0.05, 0.1) is 0 Å². The second-order valence-corrected chi connectivity index (χ2v) is 5.89. The van der Waals surface area contributed by atoms with Gasteiger partial charge in [0, 0.05) is 36.8 Å². The number of anilines is 1. The number of likely N-dealkylation sites (N-methyl/N-ethyl adjacent to an activating group) is 1. The highest BCUT2D eigenvalue weighted by Crippen LogP contribution is 2.38. The number of hydrogen-bond donors (Lipinski definition) is 2. The van der Waals surface area contributed by atoms with Gasteiger partial charge in [-0.2, -0.15) is 0 Å². The van der Waals surface area contributed by atoms with Gasteiger partial charge in [-0.3, -0.25) is 9.59 Å². The summed E-state index contributed by atoms with van der Waals surface area (Å²) in [5.41, 5.74) is 6.89. The fourth-order valence-corrected chi connectivity index (χ4v) is 2.18. The predicted molar refractivity (Wildman–Crippen MR) is 90.2 cm³/mol. The number of nitrogens with one attached hydrogen (secondary N) is 1. The molecular weight excluding hydrogens is 302 g/mol. The molecule has 1 aromatic carbocycles. The molecule has 1 aliphatic carbocycles. The Bertz CT molecular complexity index is 533. The minimum absolute atomic E-state index is 0. The van der Waals surface area contributed by atoms with E-state index in [2.05, 4.69) is 12.2 Å². The number of carbonyl (C=O) groups is 2. The number of hydrogen-bond acceptors (Lipinski definition) is 3. The SMILES string of the molecule is CC1CC1C(=O)Nc1ccc(C(=O)N(C)C(C)CN)cc1.Cl. The van der Waals surface area contributed by atoms with Crippen LogP contribution in [0.4, 0.5) is 5.69 Å². The second kappa shape index (κ2) is 7.61. The molecule has 22 heavy (non-hydrogen) atoms. The summed E-state index contributed by atoms with van der Waals surface area (Å²) in [5.74, 6) is 0.622. The first-order chi connectivity index (χ1) is 9.93. The van der Waals surface area contributed by atoms with E-state index in [1.54, 1.807) is 36.2 Å². The summed E-state index contributed by atoms with van der Waals surface area (Å²) in [5, 5.41) is 2.88. The Morgan fingerprint density at radius 2 is 1.91 bits per heavy atom. The largest absolute Gasteiger partial charge is 0.338 e. The molecule has 0 saturated heterocycles. The van der Waals surface area contributed by atoms with E-state index in [0.717, 1.165) is 12.1 Å². The third-order valence-electron chi connectivity index (χ3n) is 4.17. The first kappa shape index (κ1) is 18.5. The molecule has 6 heteroatoms. The van der Waals surface area contributed by atoms with Gasteiger partial charge in [-0.1, -0.05) is 6.92 Å². The summed E-state index contributed by atoms with van der Waals surface area (Å²) in [6.07, 6.45) is 0.962. The fraction of sp³-hybridized carbons (Fsp3) is 0.500. The van der Waals surface area contributed by atoms with Gasteiger partial charge in [0.15, 0.2) is 0 Å². The molecule has 0 bridgehead atoms. The lowest BCUT2D eigenvalue weighted by molar-refractivity contribution is -0.117. The molecule has 0 aliphatic heterocycles. The highest BCUT2D eigenvalue weighted by atomic mass is 35.5. The average molecular weight is 326 g/mol. The van der Waals surface area contributed by atoms with Gasteiger partial charge < -0.3 is 16.0 Å². The van der Waals surface area contributed by atoms with Crippen LogP contribution in [0.5, 0.6) is 0 Å². The summed E-state index contributed by atoms with van der Waals surface area (Å²) in [4.78, 5) is 25.7. The van der Waals surface area contributed by atoms with Crippen molar-refractivity contribution >= 4 is 29.9 Å². The van der Waals surface area contributed by atoms with Crippen LogP contribution in [0.25, 0.3) is 0 Å². The quantitative estimate of drug-likeness (QED) is 0.870. The molecule has 2 rings (SSSR count). The molecule has 0 heterocycles. The van der Waals surface area contributed by atoms with Crippen LogP contribution in [0.3, 0.4) is 0 Å². The number of nitrogens with two attached hydrogens (primary N) is 1. The van der Waals surface area contributed by atoms with Crippen molar-refractivity contribution in [2.45, 2.75) is 26.3 Å². The smallest absolute Gasteiger partial charge is 0.253 e. The van der Waals surface area contributed by atoms with Gasteiger partial charge >= 0.3 is 0 Å². The molecule has 122 valence electrons. The van der Waals surface area contributed by atoms with Gasteiger partial charge in [-0.25, -0.2) is 0 Å². The Balaban J connectivity index is 0.00000242. The maximum Gasteiger partial charge on any atom is 0.253 e. The molecule has 1 aliphatic rings. The molecule has 0 radical (unpaired) electrons. The minimum atomic E-state index is -0.0679. The van der Waals surface area contributed by atoms with Crippen LogP contribution in [-0.2, 0) is 4.79 Å². The van der Waals surface area contributed by atoms with Gasteiger partial charge in [-0.15, -0.1) is 12.4 Å². The molecule has 1 fully saturated rings. The summed E-state index contributed by atoms with van der Waals surface area (Å²) < 4.78 is 0. The van der Waals surface area contributed by atoms with Gasteiger partial charge in [-0.05, 0) is 43.5 Å². The lowest BCUT2D eigenvalue weighted by Gasteiger charge is -2.23. The second-order valence-electron chi connectivity index (χ2n) is 5.89. The Morgan fingerprint density at radius 3 is 2.36 bits per heavy atom.